The lowest BCUT2D eigenvalue weighted by Crippen LogP contribution is -2.17. The number of nitrogens with zero attached hydrogens (tertiary/aromatic N) is 2. The summed E-state index contributed by atoms with van der Waals surface area (Å²) in [6.45, 7) is 3.98. The van der Waals surface area contributed by atoms with E-state index in [1.54, 1.807) is 10.7 Å². The van der Waals surface area contributed by atoms with Crippen molar-refractivity contribution in [1.29, 1.82) is 0 Å². The highest BCUT2D eigenvalue weighted by atomic mass is 35.5. The molecule has 0 saturated carbocycles. The molecule has 9 heteroatoms. The predicted octanol–water partition coefficient (Wildman–Crippen LogP) is 4.48. The molecule has 29 heavy (non-hydrogen) atoms. The van der Waals surface area contributed by atoms with Crippen molar-refractivity contribution in [2.75, 3.05) is 5.32 Å². The molecule has 0 saturated heterocycles. The van der Waals surface area contributed by atoms with Crippen LogP contribution in [0.15, 0.2) is 36.4 Å². The molecule has 4 rings (SSSR count). The number of hydrogen-bond acceptors (Lipinski definition) is 4. The Kier molecular flexibility index (Phi) is 4.93. The van der Waals surface area contributed by atoms with Gasteiger partial charge in [0.05, 0.1) is 33.5 Å². The standard InChI is InChI=1S/C20H17Cl2N3O3S/c1-11-3-5-14(7-12(11)2)25-19(16-9-29(27,28)10-18(16)24-25)23-20(26)15-8-13(21)4-6-17(15)22/h3-8H,9-10H2,1-2H3,(H,23,26). The van der Waals surface area contributed by atoms with Crippen molar-refractivity contribution in [1.82, 2.24) is 9.78 Å². The molecule has 2 heterocycles. The molecule has 0 unspecified atom stereocenters. The first-order valence-corrected chi connectivity index (χ1v) is 11.4. The van der Waals surface area contributed by atoms with Gasteiger partial charge in [-0.25, -0.2) is 13.1 Å². The number of benzene rings is 2. The molecule has 2 aromatic carbocycles. The number of rotatable bonds is 3. The number of aromatic nitrogens is 2. The Morgan fingerprint density at radius 1 is 1.07 bits per heavy atom. The average Bonchev–Trinajstić information content (AvgIpc) is 3.12. The Hall–Kier alpha value is -2.35. The number of amides is 1. The second kappa shape index (κ2) is 7.16. The van der Waals surface area contributed by atoms with Crippen LogP contribution in [0.25, 0.3) is 5.69 Å². The lowest BCUT2D eigenvalue weighted by Gasteiger charge is -2.13. The van der Waals surface area contributed by atoms with Crippen LogP contribution in [0.4, 0.5) is 5.82 Å². The molecular formula is C20H17Cl2N3O3S. The highest BCUT2D eigenvalue weighted by molar-refractivity contribution is 7.90. The highest BCUT2D eigenvalue weighted by Gasteiger charge is 2.33. The van der Waals surface area contributed by atoms with E-state index in [0.717, 1.165) is 16.8 Å². The molecule has 0 atom stereocenters. The lowest BCUT2D eigenvalue weighted by molar-refractivity contribution is 0.102. The van der Waals surface area contributed by atoms with E-state index in [0.29, 0.717) is 22.1 Å². The van der Waals surface area contributed by atoms with Crippen LogP contribution in [-0.2, 0) is 21.3 Å². The van der Waals surface area contributed by atoms with Crippen LogP contribution in [0.5, 0.6) is 0 Å². The van der Waals surface area contributed by atoms with Crippen LogP contribution in [0.3, 0.4) is 0 Å². The first-order valence-electron chi connectivity index (χ1n) is 8.80. The van der Waals surface area contributed by atoms with Crippen molar-refractivity contribution >= 4 is 44.8 Å². The summed E-state index contributed by atoms with van der Waals surface area (Å²) in [5.74, 6) is -0.493. The van der Waals surface area contributed by atoms with E-state index in [-0.39, 0.29) is 22.1 Å². The van der Waals surface area contributed by atoms with Crippen LogP contribution in [0, 0.1) is 13.8 Å². The minimum absolute atomic E-state index is 0.152. The van der Waals surface area contributed by atoms with Crippen LogP contribution in [-0.4, -0.2) is 24.1 Å². The second-order valence-electron chi connectivity index (χ2n) is 7.06. The smallest absolute Gasteiger partial charge is 0.258 e. The van der Waals surface area contributed by atoms with E-state index in [1.807, 2.05) is 32.0 Å². The Bertz CT molecular complexity index is 1270. The first-order chi connectivity index (χ1) is 13.6. The Balaban J connectivity index is 1.82. The number of carbonyl (C=O) groups excluding carboxylic acids is 1. The largest absolute Gasteiger partial charge is 0.306 e. The number of carbonyl (C=O) groups is 1. The Labute approximate surface area is 178 Å². The van der Waals surface area contributed by atoms with Gasteiger partial charge in [-0.1, -0.05) is 29.3 Å². The lowest BCUT2D eigenvalue weighted by atomic mass is 10.1. The van der Waals surface area contributed by atoms with Gasteiger partial charge in [0.25, 0.3) is 5.91 Å². The molecular weight excluding hydrogens is 433 g/mol. The summed E-state index contributed by atoms with van der Waals surface area (Å²) in [5, 5.41) is 7.89. The first kappa shape index (κ1) is 19.9. The van der Waals surface area contributed by atoms with Crippen molar-refractivity contribution in [2.24, 2.45) is 0 Å². The molecule has 0 bridgehead atoms. The summed E-state index contributed by atoms with van der Waals surface area (Å²) in [4.78, 5) is 12.9. The molecule has 0 radical (unpaired) electrons. The fourth-order valence-electron chi connectivity index (χ4n) is 3.26. The second-order valence-corrected chi connectivity index (χ2v) is 9.97. The number of sulfone groups is 1. The van der Waals surface area contributed by atoms with Crippen molar-refractivity contribution in [3.8, 4) is 5.69 Å². The van der Waals surface area contributed by atoms with E-state index < -0.39 is 15.7 Å². The maximum atomic E-state index is 12.9. The molecule has 1 aromatic heterocycles. The van der Waals surface area contributed by atoms with Crippen molar-refractivity contribution in [3.05, 3.63) is 74.4 Å². The van der Waals surface area contributed by atoms with Gasteiger partial charge in [0.15, 0.2) is 9.84 Å². The molecule has 1 N–H and O–H groups in total. The minimum atomic E-state index is -3.29. The van der Waals surface area contributed by atoms with Gasteiger partial charge >= 0.3 is 0 Å². The summed E-state index contributed by atoms with van der Waals surface area (Å²) in [6.07, 6.45) is 0. The number of aryl methyl sites for hydroxylation is 2. The van der Waals surface area contributed by atoms with Gasteiger partial charge in [-0.15, -0.1) is 0 Å². The monoisotopic (exact) mass is 449 g/mol. The maximum absolute atomic E-state index is 12.9. The predicted molar refractivity (Wildman–Crippen MR) is 114 cm³/mol. The van der Waals surface area contributed by atoms with Crippen LogP contribution in [0.2, 0.25) is 10.0 Å². The molecule has 0 aliphatic carbocycles. The number of nitrogens with one attached hydrogen (secondary N) is 1. The molecule has 6 nitrogen and oxygen atoms in total. The summed E-state index contributed by atoms with van der Waals surface area (Å²) < 4.78 is 25.8. The van der Waals surface area contributed by atoms with E-state index in [1.165, 1.54) is 12.1 Å². The topological polar surface area (TPSA) is 81.1 Å². The number of fused-ring (bicyclic) bond motifs is 1. The molecule has 1 amide bonds. The summed E-state index contributed by atoms with van der Waals surface area (Å²) in [7, 11) is -3.29. The highest BCUT2D eigenvalue weighted by Crippen LogP contribution is 2.34. The summed E-state index contributed by atoms with van der Waals surface area (Å²) in [6, 6.07) is 10.4. The molecule has 0 fully saturated rings. The third-order valence-corrected chi connectivity index (χ3v) is 6.93. The normalized spacial score (nSPS) is 14.6. The third kappa shape index (κ3) is 3.77. The van der Waals surface area contributed by atoms with Gasteiger partial charge < -0.3 is 5.32 Å². The fraction of sp³-hybridized carbons (Fsp3) is 0.200. The van der Waals surface area contributed by atoms with E-state index in [2.05, 4.69) is 10.4 Å². The minimum Gasteiger partial charge on any atom is -0.306 e. The Morgan fingerprint density at radius 3 is 2.55 bits per heavy atom. The average molecular weight is 450 g/mol. The zero-order valence-corrected chi connectivity index (χ0v) is 18.0. The van der Waals surface area contributed by atoms with Crippen LogP contribution >= 0.6 is 23.2 Å². The third-order valence-electron chi connectivity index (χ3n) is 4.93. The summed E-state index contributed by atoms with van der Waals surface area (Å²) >= 11 is 12.1. The van der Waals surface area contributed by atoms with E-state index >= 15 is 0 Å². The zero-order chi connectivity index (χ0) is 20.9. The number of anilines is 1. The summed E-state index contributed by atoms with van der Waals surface area (Å²) in [5.41, 5.74) is 4.03. The van der Waals surface area contributed by atoms with Gasteiger partial charge in [0.1, 0.15) is 5.82 Å². The molecule has 1 aliphatic rings. The van der Waals surface area contributed by atoms with E-state index in [4.69, 9.17) is 23.2 Å². The molecule has 1 aliphatic heterocycles. The van der Waals surface area contributed by atoms with Gasteiger partial charge in [-0.2, -0.15) is 5.10 Å². The van der Waals surface area contributed by atoms with Gasteiger partial charge in [0, 0.05) is 10.6 Å². The van der Waals surface area contributed by atoms with Crippen LogP contribution in [0.1, 0.15) is 32.7 Å². The quantitative estimate of drug-likeness (QED) is 0.638. The zero-order valence-electron chi connectivity index (χ0n) is 15.7. The number of hydrogen-bond donors (Lipinski definition) is 1. The molecule has 3 aromatic rings. The SMILES string of the molecule is Cc1ccc(-n2nc3c(c2NC(=O)c2cc(Cl)ccc2Cl)CS(=O)(=O)C3)cc1C. The van der Waals surface area contributed by atoms with E-state index in [9.17, 15) is 13.2 Å². The molecule has 150 valence electrons. The van der Waals surface area contributed by atoms with Gasteiger partial charge in [-0.05, 0) is 55.3 Å². The fourth-order valence-corrected chi connectivity index (χ4v) is 5.13. The maximum Gasteiger partial charge on any atom is 0.258 e. The van der Waals surface area contributed by atoms with Crippen molar-refractivity contribution in [2.45, 2.75) is 25.4 Å². The van der Waals surface area contributed by atoms with Crippen LogP contribution < -0.4 is 5.32 Å². The Morgan fingerprint density at radius 2 is 1.83 bits per heavy atom. The van der Waals surface area contributed by atoms with Crippen molar-refractivity contribution in [3.63, 3.8) is 0 Å². The van der Waals surface area contributed by atoms with Crippen molar-refractivity contribution < 1.29 is 13.2 Å². The van der Waals surface area contributed by atoms with Gasteiger partial charge in [-0.3, -0.25) is 4.79 Å². The number of halogens is 2. The van der Waals surface area contributed by atoms with Gasteiger partial charge in [0.2, 0.25) is 0 Å². The molecule has 0 spiro atoms.